The second-order valence-corrected chi connectivity index (χ2v) is 11.4. The molecule has 0 aliphatic heterocycles. The fraction of sp³-hybridized carbons (Fsp3) is 0. The molecule has 1 nitrogen and oxygen atoms in total. The lowest BCUT2D eigenvalue weighted by Crippen LogP contribution is -1.92. The summed E-state index contributed by atoms with van der Waals surface area (Å²) in [6.07, 6.45) is 3.97. The first-order valence-electron chi connectivity index (χ1n) is 13.9. The van der Waals surface area contributed by atoms with Gasteiger partial charge in [0.1, 0.15) is 0 Å². The molecule has 0 fully saturated rings. The summed E-state index contributed by atoms with van der Waals surface area (Å²) >= 11 is 1.84. The van der Waals surface area contributed by atoms with E-state index in [2.05, 4.69) is 145 Å². The maximum Gasteiger partial charge on any atom is 0.0353 e. The van der Waals surface area contributed by atoms with Crippen LogP contribution < -0.4 is 0 Å². The van der Waals surface area contributed by atoms with Crippen molar-refractivity contribution < 1.29 is 0 Å². The van der Waals surface area contributed by atoms with Crippen LogP contribution in [0.4, 0.5) is 0 Å². The van der Waals surface area contributed by atoms with E-state index >= 15 is 0 Å². The van der Waals surface area contributed by atoms with Crippen LogP contribution >= 0.6 is 11.8 Å². The number of fused-ring (bicyclic) bond motifs is 5. The Kier molecular flexibility index (Phi) is 5.79. The van der Waals surface area contributed by atoms with Crippen LogP contribution in [0, 0.1) is 0 Å². The van der Waals surface area contributed by atoms with E-state index in [1.165, 1.54) is 75.1 Å². The predicted molar refractivity (Wildman–Crippen MR) is 176 cm³/mol. The molecule has 0 saturated carbocycles. The van der Waals surface area contributed by atoms with Gasteiger partial charge in [0.15, 0.2) is 0 Å². The zero-order valence-corrected chi connectivity index (χ0v) is 23.1. The van der Waals surface area contributed by atoms with Crippen molar-refractivity contribution in [2.45, 2.75) is 9.79 Å². The first-order valence-corrected chi connectivity index (χ1v) is 14.7. The van der Waals surface area contributed by atoms with Crippen molar-refractivity contribution in [3.63, 3.8) is 0 Å². The lowest BCUT2D eigenvalue weighted by atomic mass is 9.88. The highest BCUT2D eigenvalue weighted by Gasteiger charge is 2.19. The molecule has 0 bridgehead atoms. The van der Waals surface area contributed by atoms with Gasteiger partial charge in [-0.25, -0.2) is 0 Å². The molecule has 0 aliphatic rings. The molecule has 0 amide bonds. The molecule has 0 N–H and O–H groups in total. The largest absolute Gasteiger partial charge is 0.264 e. The van der Waals surface area contributed by atoms with E-state index in [1.807, 2.05) is 24.2 Å². The second kappa shape index (κ2) is 9.92. The molecule has 0 saturated heterocycles. The van der Waals surface area contributed by atoms with Gasteiger partial charge in [-0.15, -0.1) is 0 Å². The number of pyridine rings is 1. The molecular formula is C39H25NS. The third kappa shape index (κ3) is 4.07. The van der Waals surface area contributed by atoms with E-state index in [4.69, 9.17) is 0 Å². The number of nitrogens with zero attached hydrogens (tertiary/aromatic N) is 1. The minimum Gasteiger partial charge on any atom is -0.264 e. The van der Waals surface area contributed by atoms with E-state index in [0.29, 0.717) is 0 Å². The minimum absolute atomic E-state index is 1.17. The average molecular weight is 540 g/mol. The molecule has 192 valence electrons. The zero-order valence-electron chi connectivity index (χ0n) is 22.3. The van der Waals surface area contributed by atoms with E-state index in [9.17, 15) is 0 Å². The normalized spacial score (nSPS) is 11.5. The van der Waals surface area contributed by atoms with E-state index in [0.717, 1.165) is 0 Å². The van der Waals surface area contributed by atoms with E-state index in [-0.39, 0.29) is 0 Å². The van der Waals surface area contributed by atoms with Crippen LogP contribution in [-0.2, 0) is 0 Å². The summed E-state index contributed by atoms with van der Waals surface area (Å²) in [5.41, 5.74) is 4.95. The van der Waals surface area contributed by atoms with Crippen molar-refractivity contribution in [3.05, 3.63) is 152 Å². The standard InChI is InChI=1S/C39H25NS/c1-2-11-26(12-3-1)27-14-10-15-29(23-27)41-39-34-20-9-8-19-33(34)38(37-25-40-22-21-35(37)39)36-24-28-13-4-5-16-30(28)31-17-6-7-18-32(31)36/h1-25H. The lowest BCUT2D eigenvalue weighted by molar-refractivity contribution is 1.36. The van der Waals surface area contributed by atoms with Crippen LogP contribution in [0.3, 0.4) is 0 Å². The summed E-state index contributed by atoms with van der Waals surface area (Å²) in [6.45, 7) is 0. The summed E-state index contributed by atoms with van der Waals surface area (Å²) in [6, 6.07) is 50.3. The van der Waals surface area contributed by atoms with Crippen LogP contribution in [0.1, 0.15) is 0 Å². The van der Waals surface area contributed by atoms with E-state index in [1.54, 1.807) is 0 Å². The van der Waals surface area contributed by atoms with Crippen LogP contribution in [0.25, 0.3) is 65.3 Å². The lowest BCUT2D eigenvalue weighted by Gasteiger charge is -2.19. The molecule has 2 heteroatoms. The van der Waals surface area contributed by atoms with Crippen molar-refractivity contribution in [1.29, 1.82) is 0 Å². The Bertz CT molecular complexity index is 2180. The van der Waals surface area contributed by atoms with Gasteiger partial charge in [-0.2, -0.15) is 0 Å². The fourth-order valence-electron chi connectivity index (χ4n) is 6.13. The molecule has 0 atom stereocenters. The van der Waals surface area contributed by atoms with Crippen LogP contribution in [0.15, 0.2) is 162 Å². The molecule has 41 heavy (non-hydrogen) atoms. The van der Waals surface area contributed by atoms with Gasteiger partial charge < -0.3 is 0 Å². The van der Waals surface area contributed by atoms with Crippen molar-refractivity contribution in [1.82, 2.24) is 4.98 Å². The van der Waals surface area contributed by atoms with Gasteiger partial charge in [0.2, 0.25) is 0 Å². The summed E-state index contributed by atoms with van der Waals surface area (Å²) < 4.78 is 0. The Hall–Kier alpha value is -4.92. The highest BCUT2D eigenvalue weighted by Crippen LogP contribution is 2.47. The quantitative estimate of drug-likeness (QED) is 0.163. The van der Waals surface area contributed by atoms with Gasteiger partial charge in [-0.3, -0.25) is 4.98 Å². The number of aromatic nitrogens is 1. The molecule has 0 aliphatic carbocycles. The third-order valence-electron chi connectivity index (χ3n) is 7.97. The molecule has 1 aromatic heterocycles. The summed E-state index contributed by atoms with van der Waals surface area (Å²) in [5, 5.41) is 9.97. The zero-order chi connectivity index (χ0) is 27.2. The highest BCUT2D eigenvalue weighted by atomic mass is 32.2. The summed E-state index contributed by atoms with van der Waals surface area (Å²) in [5.74, 6) is 0. The topological polar surface area (TPSA) is 12.9 Å². The Morgan fingerprint density at radius 2 is 1.10 bits per heavy atom. The van der Waals surface area contributed by atoms with Crippen LogP contribution in [0.2, 0.25) is 0 Å². The van der Waals surface area contributed by atoms with Crippen LogP contribution in [0.5, 0.6) is 0 Å². The van der Waals surface area contributed by atoms with Crippen molar-refractivity contribution in [2.75, 3.05) is 0 Å². The van der Waals surface area contributed by atoms with Gasteiger partial charge >= 0.3 is 0 Å². The number of hydrogen-bond donors (Lipinski definition) is 0. The highest BCUT2D eigenvalue weighted by molar-refractivity contribution is 7.99. The molecule has 0 radical (unpaired) electrons. The summed E-state index contributed by atoms with van der Waals surface area (Å²) in [4.78, 5) is 7.12. The average Bonchev–Trinajstić information content (AvgIpc) is 3.05. The van der Waals surface area contributed by atoms with Gasteiger partial charge in [-0.05, 0) is 84.2 Å². The summed E-state index contributed by atoms with van der Waals surface area (Å²) in [7, 11) is 0. The monoisotopic (exact) mass is 539 g/mol. The third-order valence-corrected chi connectivity index (χ3v) is 9.11. The van der Waals surface area contributed by atoms with Crippen molar-refractivity contribution >= 4 is 54.9 Å². The first kappa shape index (κ1) is 23.9. The molecule has 8 rings (SSSR count). The van der Waals surface area contributed by atoms with Gasteiger partial charge in [0.25, 0.3) is 0 Å². The van der Waals surface area contributed by atoms with Crippen molar-refractivity contribution in [3.8, 4) is 22.3 Å². The SMILES string of the molecule is c1ccc(-c2cccc(Sc3c4ccccc4c(-c4cc5ccccc5c5ccccc45)c4cnccc34)c2)cc1. The first-order chi connectivity index (χ1) is 20.3. The van der Waals surface area contributed by atoms with Crippen molar-refractivity contribution in [2.24, 2.45) is 0 Å². The maximum atomic E-state index is 4.64. The van der Waals surface area contributed by atoms with Gasteiger partial charge in [0, 0.05) is 27.6 Å². The van der Waals surface area contributed by atoms with Gasteiger partial charge in [0.05, 0.1) is 0 Å². The Labute approximate surface area is 243 Å². The number of rotatable bonds is 4. The maximum absolute atomic E-state index is 4.64. The Morgan fingerprint density at radius 3 is 1.95 bits per heavy atom. The molecule has 0 unspecified atom stereocenters. The molecule has 0 spiro atoms. The van der Waals surface area contributed by atoms with Gasteiger partial charge in [-0.1, -0.05) is 127 Å². The predicted octanol–water partition coefficient (Wildman–Crippen LogP) is 11.2. The smallest absolute Gasteiger partial charge is 0.0353 e. The molecule has 7 aromatic carbocycles. The van der Waals surface area contributed by atoms with E-state index < -0.39 is 0 Å². The Morgan fingerprint density at radius 1 is 0.439 bits per heavy atom. The van der Waals surface area contributed by atoms with Crippen LogP contribution in [-0.4, -0.2) is 4.98 Å². The minimum atomic E-state index is 1.17. The molecule has 1 heterocycles. The number of benzene rings is 7. The fourth-order valence-corrected chi connectivity index (χ4v) is 7.27. The Balaban J connectivity index is 1.41. The molecule has 8 aromatic rings. The second-order valence-electron chi connectivity index (χ2n) is 10.4. The molecular weight excluding hydrogens is 515 g/mol. The number of hydrogen-bond acceptors (Lipinski definition) is 2.